The highest BCUT2D eigenvalue weighted by Crippen LogP contribution is 2.25. The van der Waals surface area contributed by atoms with Crippen LogP contribution in [-0.4, -0.2) is 5.11 Å². The number of aryl methyl sites for hydroxylation is 2. The van der Waals surface area contributed by atoms with Gasteiger partial charge in [0.2, 0.25) is 0 Å². The van der Waals surface area contributed by atoms with Gasteiger partial charge < -0.3 is 10.6 Å². The van der Waals surface area contributed by atoms with Gasteiger partial charge in [-0.15, -0.1) is 0 Å². The number of hydrogen-bond acceptors (Lipinski definition) is 1. The summed E-state index contributed by atoms with van der Waals surface area (Å²) in [7, 11) is 0. The summed E-state index contributed by atoms with van der Waals surface area (Å²) < 4.78 is 0. The van der Waals surface area contributed by atoms with Gasteiger partial charge in [-0.2, -0.15) is 0 Å². The minimum atomic E-state index is 0.473. The molecule has 0 aliphatic rings. The molecule has 0 heterocycles. The molecule has 0 spiro atoms. The molecule has 0 bridgehead atoms. The molecule has 0 atom stereocenters. The molecule has 2 rings (SSSR count). The lowest BCUT2D eigenvalue weighted by molar-refractivity contribution is 1.38. The second-order valence-electron chi connectivity index (χ2n) is 4.52. The number of anilines is 2. The minimum absolute atomic E-state index is 0.473. The first-order chi connectivity index (χ1) is 9.45. The van der Waals surface area contributed by atoms with Crippen LogP contribution in [-0.2, 0) is 0 Å². The van der Waals surface area contributed by atoms with Gasteiger partial charge in [-0.3, -0.25) is 0 Å². The van der Waals surface area contributed by atoms with Crippen molar-refractivity contribution in [2.75, 3.05) is 10.6 Å². The molecule has 2 nitrogen and oxygen atoms in total. The van der Waals surface area contributed by atoms with Crippen molar-refractivity contribution in [3.8, 4) is 0 Å². The van der Waals surface area contributed by atoms with E-state index in [1.165, 1.54) is 5.56 Å². The molecule has 0 aromatic heterocycles. The number of hydrogen-bond donors (Lipinski definition) is 2. The van der Waals surface area contributed by atoms with E-state index in [1.54, 1.807) is 18.2 Å². The molecular formula is C15H14Cl2N2S. The SMILES string of the molecule is Cc1ccc(NC(=S)Nc2cc(Cl)ccc2Cl)c(C)c1. The van der Waals surface area contributed by atoms with Crippen LogP contribution in [0.5, 0.6) is 0 Å². The third-order valence-electron chi connectivity index (χ3n) is 2.81. The van der Waals surface area contributed by atoms with Crippen molar-refractivity contribution in [2.45, 2.75) is 13.8 Å². The van der Waals surface area contributed by atoms with E-state index in [-0.39, 0.29) is 0 Å². The molecule has 0 aliphatic heterocycles. The van der Waals surface area contributed by atoms with Crippen LogP contribution in [0.3, 0.4) is 0 Å². The lowest BCUT2D eigenvalue weighted by Crippen LogP contribution is -2.19. The first-order valence-corrected chi connectivity index (χ1v) is 7.22. The topological polar surface area (TPSA) is 24.1 Å². The average Bonchev–Trinajstić information content (AvgIpc) is 2.37. The molecule has 0 saturated heterocycles. The quantitative estimate of drug-likeness (QED) is 0.721. The predicted octanol–water partition coefficient (Wildman–Crippen LogP) is 5.42. The van der Waals surface area contributed by atoms with Crippen molar-refractivity contribution in [3.05, 3.63) is 57.6 Å². The maximum absolute atomic E-state index is 6.09. The van der Waals surface area contributed by atoms with Crippen LogP contribution >= 0.6 is 35.4 Å². The fourth-order valence-corrected chi connectivity index (χ4v) is 2.38. The minimum Gasteiger partial charge on any atom is -0.332 e. The van der Waals surface area contributed by atoms with E-state index in [1.807, 2.05) is 19.1 Å². The van der Waals surface area contributed by atoms with Crippen LogP contribution in [0, 0.1) is 13.8 Å². The summed E-state index contributed by atoms with van der Waals surface area (Å²) >= 11 is 17.3. The Hall–Kier alpha value is -1.29. The first-order valence-electron chi connectivity index (χ1n) is 6.06. The van der Waals surface area contributed by atoms with Gasteiger partial charge in [-0.1, -0.05) is 40.9 Å². The highest BCUT2D eigenvalue weighted by molar-refractivity contribution is 7.80. The molecule has 0 unspecified atom stereocenters. The van der Waals surface area contributed by atoms with E-state index < -0.39 is 0 Å². The highest BCUT2D eigenvalue weighted by atomic mass is 35.5. The van der Waals surface area contributed by atoms with E-state index >= 15 is 0 Å². The summed E-state index contributed by atoms with van der Waals surface area (Å²) in [4.78, 5) is 0. The summed E-state index contributed by atoms with van der Waals surface area (Å²) in [6.07, 6.45) is 0. The van der Waals surface area contributed by atoms with Crippen LogP contribution in [0.25, 0.3) is 0 Å². The van der Waals surface area contributed by atoms with Crippen molar-refractivity contribution in [1.82, 2.24) is 0 Å². The molecule has 0 radical (unpaired) electrons. The zero-order chi connectivity index (χ0) is 14.7. The standard InChI is InChI=1S/C15H14Cl2N2S/c1-9-3-6-13(10(2)7-9)18-15(20)19-14-8-11(16)4-5-12(14)17/h3-8H,1-2H3,(H2,18,19,20). The summed E-state index contributed by atoms with van der Waals surface area (Å²) in [6.45, 7) is 4.09. The largest absolute Gasteiger partial charge is 0.332 e. The fraction of sp³-hybridized carbons (Fsp3) is 0.133. The Kier molecular flexibility index (Phi) is 4.86. The van der Waals surface area contributed by atoms with E-state index in [2.05, 4.69) is 23.6 Å². The van der Waals surface area contributed by atoms with Crippen LogP contribution < -0.4 is 10.6 Å². The lowest BCUT2D eigenvalue weighted by Gasteiger charge is -2.14. The van der Waals surface area contributed by atoms with Gasteiger partial charge in [0.05, 0.1) is 10.7 Å². The smallest absolute Gasteiger partial charge is 0.175 e. The van der Waals surface area contributed by atoms with Gasteiger partial charge in [0.15, 0.2) is 5.11 Å². The lowest BCUT2D eigenvalue weighted by atomic mass is 10.1. The average molecular weight is 325 g/mol. The van der Waals surface area contributed by atoms with Crippen molar-refractivity contribution in [3.63, 3.8) is 0 Å². The zero-order valence-corrected chi connectivity index (χ0v) is 13.5. The van der Waals surface area contributed by atoms with Gasteiger partial charge in [0.25, 0.3) is 0 Å². The van der Waals surface area contributed by atoms with Gasteiger partial charge in [-0.05, 0) is 55.9 Å². The Bertz CT molecular complexity index is 656. The summed E-state index contributed by atoms with van der Waals surface area (Å²) in [5.41, 5.74) is 3.99. The van der Waals surface area contributed by atoms with Gasteiger partial charge in [-0.25, -0.2) is 0 Å². The van der Waals surface area contributed by atoms with E-state index in [4.69, 9.17) is 35.4 Å². The molecule has 104 valence electrons. The number of rotatable bonds is 2. The maximum Gasteiger partial charge on any atom is 0.175 e. The molecule has 0 fully saturated rings. The van der Waals surface area contributed by atoms with Crippen molar-refractivity contribution in [2.24, 2.45) is 0 Å². The third kappa shape index (κ3) is 3.85. The number of nitrogens with one attached hydrogen (secondary N) is 2. The molecule has 2 aromatic carbocycles. The summed E-state index contributed by atoms with van der Waals surface area (Å²) in [5.74, 6) is 0. The van der Waals surface area contributed by atoms with E-state index in [9.17, 15) is 0 Å². The Labute approximate surface area is 134 Å². The Balaban J connectivity index is 2.11. The van der Waals surface area contributed by atoms with E-state index in [0.717, 1.165) is 11.3 Å². The molecule has 20 heavy (non-hydrogen) atoms. The van der Waals surface area contributed by atoms with Crippen molar-refractivity contribution in [1.29, 1.82) is 0 Å². The third-order valence-corrected chi connectivity index (χ3v) is 3.58. The molecule has 0 amide bonds. The molecule has 2 N–H and O–H groups in total. The summed E-state index contributed by atoms with van der Waals surface area (Å²) in [5, 5.41) is 7.84. The van der Waals surface area contributed by atoms with Crippen molar-refractivity contribution < 1.29 is 0 Å². The van der Waals surface area contributed by atoms with Gasteiger partial charge >= 0.3 is 0 Å². The second kappa shape index (κ2) is 6.44. The monoisotopic (exact) mass is 324 g/mol. The van der Waals surface area contributed by atoms with Crippen molar-refractivity contribution >= 4 is 51.9 Å². The normalized spacial score (nSPS) is 10.2. The van der Waals surface area contributed by atoms with Crippen LogP contribution in [0.4, 0.5) is 11.4 Å². The zero-order valence-electron chi connectivity index (χ0n) is 11.1. The first kappa shape index (κ1) is 15.1. The summed E-state index contributed by atoms with van der Waals surface area (Å²) in [6, 6.07) is 11.3. The Morgan fingerprint density at radius 3 is 2.35 bits per heavy atom. The highest BCUT2D eigenvalue weighted by Gasteiger charge is 2.05. The molecular weight excluding hydrogens is 311 g/mol. The maximum atomic E-state index is 6.09. The molecule has 0 saturated carbocycles. The number of thiocarbonyl (C=S) groups is 1. The number of benzene rings is 2. The second-order valence-corrected chi connectivity index (χ2v) is 5.77. The van der Waals surface area contributed by atoms with Crippen LogP contribution in [0.1, 0.15) is 11.1 Å². The molecule has 0 aliphatic carbocycles. The van der Waals surface area contributed by atoms with Gasteiger partial charge in [0.1, 0.15) is 0 Å². The van der Waals surface area contributed by atoms with Crippen LogP contribution in [0.15, 0.2) is 36.4 Å². The molecule has 2 aromatic rings. The molecule has 5 heteroatoms. The Morgan fingerprint density at radius 2 is 1.65 bits per heavy atom. The van der Waals surface area contributed by atoms with E-state index in [0.29, 0.717) is 20.8 Å². The van der Waals surface area contributed by atoms with Gasteiger partial charge in [0, 0.05) is 10.7 Å². The van der Waals surface area contributed by atoms with Crippen LogP contribution in [0.2, 0.25) is 10.0 Å². The fourth-order valence-electron chi connectivity index (χ4n) is 1.82. The number of halogens is 2. The predicted molar refractivity (Wildman–Crippen MR) is 92.2 cm³/mol. The Morgan fingerprint density at radius 1 is 0.950 bits per heavy atom.